The minimum atomic E-state index is 0.0296. The van der Waals surface area contributed by atoms with Gasteiger partial charge in [-0.25, -0.2) is 0 Å². The first-order valence-electron chi connectivity index (χ1n) is 5.68. The molecule has 1 atom stereocenters. The van der Waals surface area contributed by atoms with E-state index < -0.39 is 0 Å². The number of rotatable bonds is 4. The highest BCUT2D eigenvalue weighted by Gasteiger charge is 2.09. The summed E-state index contributed by atoms with van der Waals surface area (Å²) in [6.07, 6.45) is 0. The van der Waals surface area contributed by atoms with Crippen LogP contribution in [0.3, 0.4) is 0 Å². The van der Waals surface area contributed by atoms with E-state index in [4.69, 9.17) is 17.3 Å². The minimum Gasteiger partial charge on any atom is -0.373 e. The van der Waals surface area contributed by atoms with Crippen molar-refractivity contribution < 1.29 is 0 Å². The second-order valence-electron chi connectivity index (χ2n) is 4.77. The molecule has 0 saturated carbocycles. The third-order valence-corrected chi connectivity index (χ3v) is 2.85. The summed E-state index contributed by atoms with van der Waals surface area (Å²) in [4.78, 5) is 2.18. The largest absolute Gasteiger partial charge is 0.373 e. The zero-order valence-electron chi connectivity index (χ0n) is 10.5. The monoisotopic (exact) mass is 240 g/mol. The highest BCUT2D eigenvalue weighted by atomic mass is 35.5. The van der Waals surface area contributed by atoms with E-state index in [1.807, 2.05) is 25.1 Å². The van der Waals surface area contributed by atoms with Gasteiger partial charge < -0.3 is 10.6 Å². The van der Waals surface area contributed by atoms with Gasteiger partial charge in [-0.15, -0.1) is 0 Å². The lowest BCUT2D eigenvalue weighted by Crippen LogP contribution is -2.22. The zero-order valence-corrected chi connectivity index (χ0v) is 11.3. The van der Waals surface area contributed by atoms with E-state index in [0.29, 0.717) is 5.92 Å². The van der Waals surface area contributed by atoms with Crippen molar-refractivity contribution in [3.8, 4) is 0 Å². The molecule has 1 aromatic rings. The number of nitrogens with zero attached hydrogens (tertiary/aromatic N) is 1. The first kappa shape index (κ1) is 13.3. The summed E-state index contributed by atoms with van der Waals surface area (Å²) in [5.41, 5.74) is 7.96. The van der Waals surface area contributed by atoms with Crippen LogP contribution in [0.15, 0.2) is 18.2 Å². The molecule has 1 aromatic carbocycles. The molecule has 0 heterocycles. The molecule has 2 nitrogen and oxygen atoms in total. The molecule has 0 aliphatic carbocycles. The van der Waals surface area contributed by atoms with Crippen LogP contribution in [-0.4, -0.2) is 13.6 Å². The van der Waals surface area contributed by atoms with Gasteiger partial charge in [-0.05, 0) is 30.5 Å². The van der Waals surface area contributed by atoms with Crippen LogP contribution < -0.4 is 10.6 Å². The molecule has 2 N–H and O–H groups in total. The molecular weight excluding hydrogens is 220 g/mol. The Morgan fingerprint density at radius 3 is 2.38 bits per heavy atom. The summed E-state index contributed by atoms with van der Waals surface area (Å²) in [7, 11) is 2.06. The maximum Gasteiger partial charge on any atom is 0.0642 e. The molecule has 0 amide bonds. The van der Waals surface area contributed by atoms with Crippen molar-refractivity contribution in [1.29, 1.82) is 0 Å². The Morgan fingerprint density at radius 2 is 1.94 bits per heavy atom. The van der Waals surface area contributed by atoms with Crippen molar-refractivity contribution in [2.45, 2.75) is 26.8 Å². The molecular formula is C13H21ClN2. The predicted molar refractivity (Wildman–Crippen MR) is 72.2 cm³/mol. The number of hydrogen-bond donors (Lipinski definition) is 1. The van der Waals surface area contributed by atoms with E-state index in [1.165, 1.54) is 0 Å². The Hall–Kier alpha value is -0.730. The highest BCUT2D eigenvalue weighted by Crippen LogP contribution is 2.28. The summed E-state index contributed by atoms with van der Waals surface area (Å²) in [6.45, 7) is 7.35. The molecule has 0 saturated heterocycles. The second kappa shape index (κ2) is 5.55. The van der Waals surface area contributed by atoms with Crippen LogP contribution in [-0.2, 0) is 0 Å². The van der Waals surface area contributed by atoms with Crippen LogP contribution >= 0.6 is 11.6 Å². The molecule has 1 rings (SSSR count). The van der Waals surface area contributed by atoms with Crippen LogP contribution in [0, 0.1) is 5.92 Å². The molecule has 0 aliphatic heterocycles. The fourth-order valence-electron chi connectivity index (χ4n) is 1.76. The summed E-state index contributed by atoms with van der Waals surface area (Å²) >= 11 is 6.25. The van der Waals surface area contributed by atoms with Crippen molar-refractivity contribution >= 4 is 17.3 Å². The third kappa shape index (κ3) is 3.39. The van der Waals surface area contributed by atoms with Crippen molar-refractivity contribution in [2.24, 2.45) is 11.7 Å². The molecule has 16 heavy (non-hydrogen) atoms. The SMILES string of the molecule is CC(C)CN(C)c1ccc(C(C)N)cc1Cl. The number of anilines is 1. The van der Waals surface area contributed by atoms with Crippen LogP contribution in [0.5, 0.6) is 0 Å². The number of hydrogen-bond acceptors (Lipinski definition) is 2. The Bertz CT molecular complexity index is 348. The topological polar surface area (TPSA) is 29.3 Å². The molecule has 0 bridgehead atoms. The first-order valence-corrected chi connectivity index (χ1v) is 6.05. The summed E-state index contributed by atoms with van der Waals surface area (Å²) < 4.78 is 0. The first-order chi connectivity index (χ1) is 7.41. The third-order valence-electron chi connectivity index (χ3n) is 2.55. The van der Waals surface area contributed by atoms with Crippen molar-refractivity contribution in [3.05, 3.63) is 28.8 Å². The van der Waals surface area contributed by atoms with Crippen molar-refractivity contribution in [1.82, 2.24) is 0 Å². The van der Waals surface area contributed by atoms with Crippen LogP contribution in [0.1, 0.15) is 32.4 Å². The van der Waals surface area contributed by atoms with Gasteiger partial charge in [-0.2, -0.15) is 0 Å². The van der Waals surface area contributed by atoms with Crippen LogP contribution in [0.2, 0.25) is 5.02 Å². The van der Waals surface area contributed by atoms with Gasteiger partial charge in [0, 0.05) is 19.6 Å². The lowest BCUT2D eigenvalue weighted by molar-refractivity contribution is 0.638. The smallest absolute Gasteiger partial charge is 0.0642 e. The molecule has 90 valence electrons. The van der Waals surface area contributed by atoms with E-state index >= 15 is 0 Å². The van der Waals surface area contributed by atoms with E-state index in [2.05, 4.69) is 25.8 Å². The highest BCUT2D eigenvalue weighted by molar-refractivity contribution is 6.33. The average molecular weight is 241 g/mol. The van der Waals surface area contributed by atoms with E-state index in [1.54, 1.807) is 0 Å². The summed E-state index contributed by atoms with van der Waals surface area (Å²) in [6, 6.07) is 6.08. The van der Waals surface area contributed by atoms with Gasteiger partial charge in [0.1, 0.15) is 0 Å². The second-order valence-corrected chi connectivity index (χ2v) is 5.18. The van der Waals surface area contributed by atoms with Gasteiger partial charge in [-0.1, -0.05) is 31.5 Å². The fourth-order valence-corrected chi connectivity index (χ4v) is 2.10. The molecule has 1 unspecified atom stereocenters. The Balaban J connectivity index is 2.90. The number of nitrogens with two attached hydrogens (primary N) is 1. The Morgan fingerprint density at radius 1 is 1.31 bits per heavy atom. The Labute approximate surface area is 103 Å². The zero-order chi connectivity index (χ0) is 12.3. The molecule has 0 aromatic heterocycles. The molecule has 0 spiro atoms. The summed E-state index contributed by atoms with van der Waals surface area (Å²) in [5, 5.41) is 0.776. The van der Waals surface area contributed by atoms with Gasteiger partial charge >= 0.3 is 0 Å². The molecule has 3 heteroatoms. The van der Waals surface area contributed by atoms with E-state index in [0.717, 1.165) is 22.8 Å². The lowest BCUT2D eigenvalue weighted by Gasteiger charge is -2.23. The maximum absolute atomic E-state index is 6.25. The molecule has 0 radical (unpaired) electrons. The predicted octanol–water partition coefficient (Wildman–Crippen LogP) is 3.45. The number of halogens is 1. The maximum atomic E-state index is 6.25. The average Bonchev–Trinajstić information content (AvgIpc) is 2.15. The fraction of sp³-hybridized carbons (Fsp3) is 0.538. The van der Waals surface area contributed by atoms with Gasteiger partial charge in [0.2, 0.25) is 0 Å². The van der Waals surface area contributed by atoms with Gasteiger partial charge in [-0.3, -0.25) is 0 Å². The van der Waals surface area contributed by atoms with Crippen LogP contribution in [0.4, 0.5) is 5.69 Å². The number of benzene rings is 1. The van der Waals surface area contributed by atoms with E-state index in [-0.39, 0.29) is 6.04 Å². The van der Waals surface area contributed by atoms with Gasteiger partial charge in [0.15, 0.2) is 0 Å². The molecule has 0 fully saturated rings. The minimum absolute atomic E-state index is 0.0296. The van der Waals surface area contributed by atoms with E-state index in [9.17, 15) is 0 Å². The quantitative estimate of drug-likeness (QED) is 0.874. The van der Waals surface area contributed by atoms with Crippen LogP contribution in [0.25, 0.3) is 0 Å². The van der Waals surface area contributed by atoms with Crippen molar-refractivity contribution in [3.63, 3.8) is 0 Å². The van der Waals surface area contributed by atoms with Gasteiger partial charge in [0.25, 0.3) is 0 Å². The standard InChI is InChI=1S/C13H21ClN2/c1-9(2)8-16(4)13-6-5-11(10(3)15)7-12(13)14/h5-7,9-10H,8,15H2,1-4H3. The Kier molecular flexibility index (Phi) is 4.63. The summed E-state index contributed by atoms with van der Waals surface area (Å²) in [5.74, 6) is 0.620. The molecule has 0 aliphatic rings. The van der Waals surface area contributed by atoms with Gasteiger partial charge in [0.05, 0.1) is 10.7 Å². The van der Waals surface area contributed by atoms with Crippen molar-refractivity contribution in [2.75, 3.05) is 18.5 Å². The lowest BCUT2D eigenvalue weighted by atomic mass is 10.1. The normalized spacial score (nSPS) is 12.9.